The number of aliphatic hydroxyl groups is 1. The van der Waals surface area contributed by atoms with E-state index in [1.54, 1.807) is 17.9 Å². The number of nitrogens with zero attached hydrogens (tertiary/aromatic N) is 2. The van der Waals surface area contributed by atoms with Crippen molar-refractivity contribution in [3.05, 3.63) is 47.8 Å². The predicted molar refractivity (Wildman–Crippen MR) is 68.4 cm³/mol. The quantitative estimate of drug-likeness (QED) is 0.850. The largest absolute Gasteiger partial charge is 0.396 e. The highest BCUT2D eigenvalue weighted by Gasteiger charge is 2.07. The normalized spacial score (nSPS) is 10.3. The maximum atomic E-state index is 11.8. The highest BCUT2D eigenvalue weighted by Crippen LogP contribution is 2.11. The Bertz CT molecular complexity index is 531. The van der Waals surface area contributed by atoms with E-state index in [4.69, 9.17) is 5.11 Å². The van der Waals surface area contributed by atoms with E-state index >= 15 is 0 Å². The second-order valence-corrected chi connectivity index (χ2v) is 4.03. The molecule has 94 valence electrons. The first kappa shape index (κ1) is 12.3. The Hall–Kier alpha value is -2.14. The van der Waals surface area contributed by atoms with E-state index in [1.165, 1.54) is 6.20 Å². The second kappa shape index (κ2) is 5.46. The smallest absolute Gasteiger partial charge is 0.258 e. The van der Waals surface area contributed by atoms with E-state index in [0.717, 1.165) is 11.3 Å². The summed E-state index contributed by atoms with van der Waals surface area (Å²) in [7, 11) is 1.76. The highest BCUT2D eigenvalue weighted by atomic mass is 16.2. The number of aromatic nitrogens is 2. The van der Waals surface area contributed by atoms with Crippen LogP contribution in [0.5, 0.6) is 0 Å². The average molecular weight is 245 g/mol. The number of aryl methyl sites for hydroxylation is 1. The van der Waals surface area contributed by atoms with E-state index in [0.29, 0.717) is 12.0 Å². The second-order valence-electron chi connectivity index (χ2n) is 4.03. The lowest BCUT2D eigenvalue weighted by molar-refractivity contribution is 0.102. The molecule has 0 spiro atoms. The van der Waals surface area contributed by atoms with E-state index in [1.807, 2.05) is 24.3 Å². The lowest BCUT2D eigenvalue weighted by Gasteiger charge is -2.04. The molecule has 5 nitrogen and oxygen atoms in total. The molecule has 2 rings (SSSR count). The average Bonchev–Trinajstić information content (AvgIpc) is 2.79. The van der Waals surface area contributed by atoms with Crippen LogP contribution >= 0.6 is 0 Å². The van der Waals surface area contributed by atoms with Gasteiger partial charge in [0.15, 0.2) is 0 Å². The maximum absolute atomic E-state index is 11.8. The fourth-order valence-corrected chi connectivity index (χ4v) is 1.63. The molecule has 0 aliphatic heterocycles. The summed E-state index contributed by atoms with van der Waals surface area (Å²) in [5, 5.41) is 15.5. The van der Waals surface area contributed by atoms with Crippen LogP contribution < -0.4 is 5.32 Å². The van der Waals surface area contributed by atoms with E-state index in [9.17, 15) is 4.79 Å². The lowest BCUT2D eigenvalue weighted by Crippen LogP contribution is -2.11. The molecule has 0 aliphatic carbocycles. The van der Waals surface area contributed by atoms with Crippen LogP contribution in [0.2, 0.25) is 0 Å². The number of hydrogen-bond acceptors (Lipinski definition) is 3. The van der Waals surface area contributed by atoms with Crippen molar-refractivity contribution in [3.8, 4) is 0 Å². The number of hydrogen-bond donors (Lipinski definition) is 2. The zero-order valence-electron chi connectivity index (χ0n) is 10.1. The number of carbonyl (C=O) groups excluding carboxylic acids is 1. The molecule has 0 unspecified atom stereocenters. The summed E-state index contributed by atoms with van der Waals surface area (Å²) < 4.78 is 1.58. The minimum absolute atomic E-state index is 0.126. The zero-order valence-corrected chi connectivity index (χ0v) is 10.1. The molecular weight excluding hydrogens is 230 g/mol. The molecule has 1 aromatic carbocycles. The topological polar surface area (TPSA) is 67.2 Å². The zero-order chi connectivity index (χ0) is 13.0. The summed E-state index contributed by atoms with van der Waals surface area (Å²) in [5.74, 6) is -0.182. The minimum Gasteiger partial charge on any atom is -0.396 e. The van der Waals surface area contributed by atoms with Gasteiger partial charge in [-0.2, -0.15) is 5.10 Å². The molecule has 0 radical (unpaired) electrons. The molecule has 1 amide bonds. The van der Waals surface area contributed by atoms with Gasteiger partial charge in [0.2, 0.25) is 0 Å². The van der Waals surface area contributed by atoms with Gasteiger partial charge in [-0.15, -0.1) is 0 Å². The van der Waals surface area contributed by atoms with Gasteiger partial charge in [-0.3, -0.25) is 9.48 Å². The molecule has 18 heavy (non-hydrogen) atoms. The number of amides is 1. The van der Waals surface area contributed by atoms with Crippen LogP contribution in [0, 0.1) is 0 Å². The Morgan fingerprint density at radius 2 is 2.11 bits per heavy atom. The van der Waals surface area contributed by atoms with Crippen LogP contribution in [-0.4, -0.2) is 27.4 Å². The summed E-state index contributed by atoms with van der Waals surface area (Å²) in [4.78, 5) is 11.8. The maximum Gasteiger partial charge on any atom is 0.258 e. The van der Waals surface area contributed by atoms with Gasteiger partial charge in [-0.1, -0.05) is 12.1 Å². The SMILES string of the molecule is Cn1cc(C(=O)Nc2ccc(CCO)cc2)cn1. The standard InChI is InChI=1S/C13H15N3O2/c1-16-9-11(8-14-16)13(18)15-12-4-2-10(3-5-12)6-7-17/h2-5,8-9,17H,6-7H2,1H3,(H,15,18). The lowest BCUT2D eigenvalue weighted by atomic mass is 10.1. The van der Waals surface area contributed by atoms with E-state index in [-0.39, 0.29) is 12.5 Å². The monoisotopic (exact) mass is 245 g/mol. The van der Waals surface area contributed by atoms with Crippen molar-refractivity contribution in [1.29, 1.82) is 0 Å². The van der Waals surface area contributed by atoms with Crippen LogP contribution in [-0.2, 0) is 13.5 Å². The molecule has 0 fully saturated rings. The number of nitrogens with one attached hydrogen (secondary N) is 1. The molecular formula is C13H15N3O2. The van der Waals surface area contributed by atoms with Gasteiger partial charge in [0.1, 0.15) is 0 Å². The summed E-state index contributed by atoms with van der Waals surface area (Å²) in [6.07, 6.45) is 3.81. The third-order valence-electron chi connectivity index (χ3n) is 2.58. The third kappa shape index (κ3) is 2.95. The minimum atomic E-state index is -0.182. The van der Waals surface area contributed by atoms with Crippen LogP contribution in [0.1, 0.15) is 15.9 Å². The van der Waals surface area contributed by atoms with Gasteiger partial charge in [0.05, 0.1) is 11.8 Å². The van der Waals surface area contributed by atoms with Crippen molar-refractivity contribution < 1.29 is 9.90 Å². The molecule has 0 aliphatic rings. The van der Waals surface area contributed by atoms with Crippen molar-refractivity contribution in [3.63, 3.8) is 0 Å². The fourth-order valence-electron chi connectivity index (χ4n) is 1.63. The fraction of sp³-hybridized carbons (Fsp3) is 0.231. The summed E-state index contributed by atoms with van der Waals surface area (Å²) in [6.45, 7) is 0.126. The first-order valence-corrected chi connectivity index (χ1v) is 5.69. The number of aliphatic hydroxyl groups excluding tert-OH is 1. The first-order chi connectivity index (χ1) is 8.69. The molecule has 0 bridgehead atoms. The molecule has 0 atom stereocenters. The Kier molecular flexibility index (Phi) is 3.74. The van der Waals surface area contributed by atoms with Crippen molar-refractivity contribution in [2.24, 2.45) is 7.05 Å². The van der Waals surface area contributed by atoms with Crippen molar-refractivity contribution in [2.75, 3.05) is 11.9 Å². The Morgan fingerprint density at radius 1 is 1.39 bits per heavy atom. The van der Waals surface area contributed by atoms with E-state index < -0.39 is 0 Å². The Morgan fingerprint density at radius 3 is 2.67 bits per heavy atom. The van der Waals surface area contributed by atoms with Crippen molar-refractivity contribution in [1.82, 2.24) is 9.78 Å². The van der Waals surface area contributed by atoms with Gasteiger partial charge in [0.25, 0.3) is 5.91 Å². The number of rotatable bonds is 4. The van der Waals surface area contributed by atoms with Gasteiger partial charge in [0, 0.05) is 25.5 Å². The van der Waals surface area contributed by atoms with Gasteiger partial charge < -0.3 is 10.4 Å². The van der Waals surface area contributed by atoms with Gasteiger partial charge >= 0.3 is 0 Å². The highest BCUT2D eigenvalue weighted by molar-refractivity contribution is 6.03. The molecule has 2 N–H and O–H groups in total. The summed E-state index contributed by atoms with van der Waals surface area (Å²) in [5.41, 5.74) is 2.29. The van der Waals surface area contributed by atoms with Crippen LogP contribution in [0.25, 0.3) is 0 Å². The van der Waals surface area contributed by atoms with Crippen molar-refractivity contribution >= 4 is 11.6 Å². The molecule has 5 heteroatoms. The molecule has 0 saturated carbocycles. The number of carbonyl (C=O) groups is 1. The van der Waals surface area contributed by atoms with Gasteiger partial charge in [-0.25, -0.2) is 0 Å². The molecule has 0 saturated heterocycles. The van der Waals surface area contributed by atoms with Crippen LogP contribution in [0.15, 0.2) is 36.7 Å². The Balaban J connectivity index is 2.03. The first-order valence-electron chi connectivity index (χ1n) is 5.69. The van der Waals surface area contributed by atoms with Crippen molar-refractivity contribution in [2.45, 2.75) is 6.42 Å². The number of anilines is 1. The third-order valence-corrected chi connectivity index (χ3v) is 2.58. The summed E-state index contributed by atoms with van der Waals surface area (Å²) in [6, 6.07) is 7.41. The van der Waals surface area contributed by atoms with Crippen LogP contribution in [0.3, 0.4) is 0 Å². The van der Waals surface area contributed by atoms with Crippen LogP contribution in [0.4, 0.5) is 5.69 Å². The summed E-state index contributed by atoms with van der Waals surface area (Å²) >= 11 is 0. The van der Waals surface area contributed by atoms with Gasteiger partial charge in [-0.05, 0) is 24.1 Å². The van der Waals surface area contributed by atoms with E-state index in [2.05, 4.69) is 10.4 Å². The number of benzene rings is 1. The molecule has 1 aromatic heterocycles. The molecule has 1 heterocycles. The predicted octanol–water partition coefficient (Wildman–Crippen LogP) is 1.21. The Labute approximate surface area is 105 Å². The molecule has 2 aromatic rings.